The van der Waals surface area contributed by atoms with E-state index in [1.54, 1.807) is 49.6 Å². The van der Waals surface area contributed by atoms with Gasteiger partial charge in [0.05, 0.1) is 19.9 Å². The zero-order valence-corrected chi connectivity index (χ0v) is 23.2. The van der Waals surface area contributed by atoms with Gasteiger partial charge in [0.1, 0.15) is 17.9 Å². The highest BCUT2D eigenvalue weighted by molar-refractivity contribution is 9.11. The molecule has 0 spiro atoms. The lowest BCUT2D eigenvalue weighted by Crippen LogP contribution is -2.54. The van der Waals surface area contributed by atoms with Gasteiger partial charge in [0, 0.05) is 14.5 Å². The first-order valence-electron chi connectivity index (χ1n) is 10.6. The third-order valence-electron chi connectivity index (χ3n) is 5.33. The van der Waals surface area contributed by atoms with Crippen LogP contribution in [0.4, 0.5) is 5.69 Å². The summed E-state index contributed by atoms with van der Waals surface area (Å²) >= 11 is 12.2. The van der Waals surface area contributed by atoms with Crippen molar-refractivity contribution >= 4 is 72.8 Å². The van der Waals surface area contributed by atoms with Crippen molar-refractivity contribution in [1.29, 1.82) is 0 Å². The first-order valence-corrected chi connectivity index (χ1v) is 12.6. The highest BCUT2D eigenvalue weighted by Gasteiger charge is 2.34. The summed E-state index contributed by atoms with van der Waals surface area (Å²) in [4.78, 5) is 27.2. The van der Waals surface area contributed by atoms with Crippen molar-refractivity contribution in [2.75, 3.05) is 19.1 Å². The summed E-state index contributed by atoms with van der Waals surface area (Å²) in [7, 11) is 3.08. The number of benzene rings is 3. The number of hydrogen-bond acceptors (Lipinski definition) is 6. The van der Waals surface area contributed by atoms with Gasteiger partial charge in [-0.1, -0.05) is 44.0 Å². The van der Waals surface area contributed by atoms with Gasteiger partial charge in [0.25, 0.3) is 11.8 Å². The number of carbonyl (C=O) groups is 2. The van der Waals surface area contributed by atoms with Gasteiger partial charge in [0.2, 0.25) is 0 Å². The second-order valence-corrected chi connectivity index (χ2v) is 9.75. The Morgan fingerprint density at radius 2 is 1.69 bits per heavy atom. The van der Waals surface area contributed by atoms with Crippen LogP contribution in [0.15, 0.2) is 75.2 Å². The van der Waals surface area contributed by atoms with Crippen LogP contribution in [0.2, 0.25) is 0 Å². The van der Waals surface area contributed by atoms with Crippen LogP contribution in [-0.4, -0.2) is 31.1 Å². The molecule has 0 radical (unpaired) electrons. The molecule has 7 nitrogen and oxygen atoms in total. The average molecular weight is 632 g/mol. The van der Waals surface area contributed by atoms with Crippen molar-refractivity contribution in [1.82, 2.24) is 5.32 Å². The Labute approximate surface area is 230 Å². The smallest absolute Gasteiger partial charge is 0.270 e. The van der Waals surface area contributed by atoms with E-state index in [1.807, 2.05) is 18.2 Å². The number of ether oxygens (including phenoxy) is 3. The predicted molar refractivity (Wildman–Crippen MR) is 148 cm³/mol. The highest BCUT2D eigenvalue weighted by Crippen LogP contribution is 2.32. The molecule has 10 heteroatoms. The highest BCUT2D eigenvalue weighted by atomic mass is 79.9. The molecule has 36 heavy (non-hydrogen) atoms. The topological polar surface area (TPSA) is 77.1 Å². The van der Waals surface area contributed by atoms with Gasteiger partial charge in [-0.25, -0.2) is 0 Å². The molecule has 0 saturated carbocycles. The predicted octanol–water partition coefficient (Wildman–Crippen LogP) is 5.64. The van der Waals surface area contributed by atoms with Gasteiger partial charge in [0.15, 0.2) is 16.6 Å². The molecule has 0 bridgehead atoms. The lowest BCUT2D eigenvalue weighted by Gasteiger charge is -2.29. The summed E-state index contributed by atoms with van der Waals surface area (Å²) in [6.07, 6.45) is 1.49. The van der Waals surface area contributed by atoms with Crippen molar-refractivity contribution in [3.8, 4) is 17.2 Å². The molecular weight excluding hydrogens is 612 g/mol. The first kappa shape index (κ1) is 25.9. The van der Waals surface area contributed by atoms with Crippen LogP contribution in [0.3, 0.4) is 0 Å². The zero-order chi connectivity index (χ0) is 25.8. The summed E-state index contributed by atoms with van der Waals surface area (Å²) in [6.45, 7) is 0.319. The van der Waals surface area contributed by atoms with Crippen molar-refractivity contribution in [3.05, 3.63) is 86.3 Å². The normalized spacial score (nSPS) is 14.6. The molecule has 1 saturated heterocycles. The molecule has 1 N–H and O–H groups in total. The molecule has 0 atom stereocenters. The molecule has 3 aromatic carbocycles. The molecular formula is C26H20Br2N2O5S. The van der Waals surface area contributed by atoms with Crippen LogP contribution >= 0.6 is 44.1 Å². The average Bonchev–Trinajstić information content (AvgIpc) is 2.86. The Morgan fingerprint density at radius 3 is 2.36 bits per heavy atom. The molecule has 1 heterocycles. The van der Waals surface area contributed by atoms with Crippen LogP contribution < -0.4 is 24.4 Å². The summed E-state index contributed by atoms with van der Waals surface area (Å²) in [5, 5.41) is 2.59. The number of anilines is 1. The monoisotopic (exact) mass is 630 g/mol. The van der Waals surface area contributed by atoms with Crippen molar-refractivity contribution in [2.24, 2.45) is 0 Å². The largest absolute Gasteiger partial charge is 0.497 e. The van der Waals surface area contributed by atoms with E-state index in [2.05, 4.69) is 37.2 Å². The van der Waals surface area contributed by atoms with Crippen LogP contribution in [0.1, 0.15) is 11.1 Å². The van der Waals surface area contributed by atoms with E-state index in [-0.39, 0.29) is 10.7 Å². The second-order valence-electron chi connectivity index (χ2n) is 7.59. The van der Waals surface area contributed by atoms with Crippen LogP contribution in [0, 0.1) is 0 Å². The molecule has 2 amide bonds. The maximum Gasteiger partial charge on any atom is 0.270 e. The summed E-state index contributed by atoms with van der Waals surface area (Å²) in [6, 6.07) is 17.8. The van der Waals surface area contributed by atoms with Crippen LogP contribution in [0.5, 0.6) is 17.2 Å². The maximum atomic E-state index is 13.3. The summed E-state index contributed by atoms with van der Waals surface area (Å²) < 4.78 is 18.5. The van der Waals surface area contributed by atoms with E-state index in [0.29, 0.717) is 35.1 Å². The Hall–Kier alpha value is -3.21. The van der Waals surface area contributed by atoms with Gasteiger partial charge in [-0.3, -0.25) is 19.8 Å². The number of carbonyl (C=O) groups excluding carboxylic acids is 2. The minimum atomic E-state index is -0.575. The number of thiocarbonyl (C=S) groups is 1. The van der Waals surface area contributed by atoms with E-state index in [0.717, 1.165) is 14.5 Å². The molecule has 0 unspecified atom stereocenters. The Bertz CT molecular complexity index is 1380. The molecule has 0 aliphatic carbocycles. The minimum Gasteiger partial charge on any atom is -0.497 e. The quantitative estimate of drug-likeness (QED) is 0.207. The van der Waals surface area contributed by atoms with Crippen molar-refractivity contribution in [2.45, 2.75) is 6.61 Å². The van der Waals surface area contributed by atoms with Gasteiger partial charge in [-0.05, 0) is 72.4 Å². The van der Waals surface area contributed by atoms with Crippen molar-refractivity contribution < 1.29 is 23.8 Å². The van der Waals surface area contributed by atoms with Gasteiger partial charge in [-0.2, -0.15) is 0 Å². The fourth-order valence-electron chi connectivity index (χ4n) is 3.48. The molecule has 3 aromatic rings. The van der Waals surface area contributed by atoms with E-state index in [1.165, 1.54) is 18.1 Å². The second kappa shape index (κ2) is 11.2. The SMILES string of the molecule is COc1ccc(N2C(=O)/C(=C/c3ccc(OCc4ccc(Br)cc4Br)c(OC)c3)C(=O)NC2=S)cc1. The van der Waals surface area contributed by atoms with Crippen LogP contribution in [0.25, 0.3) is 6.08 Å². The fraction of sp³-hybridized carbons (Fsp3) is 0.115. The Balaban J connectivity index is 1.58. The van der Waals surface area contributed by atoms with Gasteiger partial charge < -0.3 is 14.2 Å². The lowest BCUT2D eigenvalue weighted by atomic mass is 10.1. The summed E-state index contributed by atoms with van der Waals surface area (Å²) in [5.74, 6) is 0.511. The summed E-state index contributed by atoms with van der Waals surface area (Å²) in [5.41, 5.74) is 2.00. The Morgan fingerprint density at radius 1 is 0.944 bits per heavy atom. The number of rotatable bonds is 7. The third kappa shape index (κ3) is 5.61. The third-order valence-corrected chi connectivity index (χ3v) is 6.85. The number of amides is 2. The molecule has 1 aliphatic heterocycles. The molecule has 184 valence electrons. The first-order chi connectivity index (χ1) is 17.3. The van der Waals surface area contributed by atoms with Gasteiger partial charge in [-0.15, -0.1) is 0 Å². The number of nitrogens with one attached hydrogen (secondary N) is 1. The van der Waals surface area contributed by atoms with Gasteiger partial charge >= 0.3 is 0 Å². The van der Waals surface area contributed by atoms with E-state index in [9.17, 15) is 9.59 Å². The fourth-order valence-corrected chi connectivity index (χ4v) is 4.92. The number of methoxy groups -OCH3 is 2. The maximum absolute atomic E-state index is 13.3. The minimum absolute atomic E-state index is 0.00717. The molecule has 4 rings (SSSR count). The lowest BCUT2D eigenvalue weighted by molar-refractivity contribution is -0.122. The zero-order valence-electron chi connectivity index (χ0n) is 19.2. The molecule has 1 aliphatic rings. The van der Waals surface area contributed by atoms with E-state index < -0.39 is 11.8 Å². The standard InChI is InChI=1S/C26H20Br2N2O5S/c1-33-19-8-6-18(7-9-19)30-25(32)20(24(31)29-26(30)36)11-15-3-10-22(23(12-15)34-2)35-14-16-4-5-17(27)13-21(16)28/h3-13H,14H2,1-2H3,(H,29,31,36)/b20-11+. The Kier molecular flexibility index (Phi) is 8.07. The van der Waals surface area contributed by atoms with E-state index in [4.69, 9.17) is 26.4 Å². The number of halogens is 2. The van der Waals surface area contributed by atoms with Crippen LogP contribution in [-0.2, 0) is 16.2 Å². The number of hydrogen-bond donors (Lipinski definition) is 1. The molecule has 0 aromatic heterocycles. The van der Waals surface area contributed by atoms with Crippen molar-refractivity contribution in [3.63, 3.8) is 0 Å². The number of nitrogens with zero attached hydrogens (tertiary/aromatic N) is 1. The molecule has 1 fully saturated rings. The van der Waals surface area contributed by atoms with E-state index >= 15 is 0 Å².